The van der Waals surface area contributed by atoms with Gasteiger partial charge in [0.25, 0.3) is 0 Å². The van der Waals surface area contributed by atoms with Crippen LogP contribution in [0.2, 0.25) is 5.02 Å². The zero-order chi connectivity index (χ0) is 23.1. The molecule has 3 aromatic rings. The summed E-state index contributed by atoms with van der Waals surface area (Å²) in [5.74, 6) is -0.632. The standard InChI is InChI=1S/C24H23ClN2O4S/c1-18(28)20-8-5-9-22(16-20)26-24(29)17-27(15-14-19-6-3-2-4-7-19)32(30,31)23-12-10-21(25)11-13-23/h2-13,16H,14-15,17H2,1H3,(H,26,29). The van der Waals surface area contributed by atoms with Crippen LogP contribution >= 0.6 is 11.6 Å². The van der Waals surface area contributed by atoms with E-state index >= 15 is 0 Å². The third-order valence-electron chi connectivity index (χ3n) is 4.82. The van der Waals surface area contributed by atoms with E-state index < -0.39 is 15.9 Å². The van der Waals surface area contributed by atoms with E-state index in [9.17, 15) is 18.0 Å². The highest BCUT2D eigenvalue weighted by atomic mass is 35.5. The van der Waals surface area contributed by atoms with Crippen molar-refractivity contribution < 1.29 is 18.0 Å². The van der Waals surface area contributed by atoms with E-state index in [1.165, 1.54) is 31.2 Å². The number of hydrogen-bond donors (Lipinski definition) is 1. The zero-order valence-electron chi connectivity index (χ0n) is 17.5. The van der Waals surface area contributed by atoms with Crippen LogP contribution in [0.3, 0.4) is 0 Å². The molecule has 6 nitrogen and oxygen atoms in total. The summed E-state index contributed by atoms with van der Waals surface area (Å²) in [7, 11) is -3.94. The lowest BCUT2D eigenvalue weighted by atomic mass is 10.1. The molecular formula is C24H23ClN2O4S. The first-order valence-corrected chi connectivity index (χ1v) is 11.8. The first kappa shape index (κ1) is 23.7. The van der Waals surface area contributed by atoms with Crippen LogP contribution in [-0.4, -0.2) is 37.5 Å². The summed E-state index contributed by atoms with van der Waals surface area (Å²) in [6, 6.07) is 21.8. The van der Waals surface area contributed by atoms with Gasteiger partial charge in [-0.05, 0) is 55.3 Å². The van der Waals surface area contributed by atoms with Gasteiger partial charge in [0, 0.05) is 22.8 Å². The molecule has 0 aliphatic heterocycles. The van der Waals surface area contributed by atoms with Crippen LogP contribution in [0.5, 0.6) is 0 Å². The van der Waals surface area contributed by atoms with Crippen LogP contribution in [0.4, 0.5) is 5.69 Å². The molecule has 166 valence electrons. The van der Waals surface area contributed by atoms with E-state index in [-0.39, 0.29) is 23.8 Å². The Morgan fingerprint density at radius 3 is 2.28 bits per heavy atom. The molecule has 0 spiro atoms. The second kappa shape index (κ2) is 10.5. The van der Waals surface area contributed by atoms with Crippen molar-refractivity contribution in [2.45, 2.75) is 18.2 Å². The smallest absolute Gasteiger partial charge is 0.243 e. The molecule has 0 aliphatic carbocycles. The van der Waals surface area contributed by atoms with Gasteiger partial charge in [0.15, 0.2) is 5.78 Å². The number of hydrogen-bond acceptors (Lipinski definition) is 4. The molecule has 0 bridgehead atoms. The minimum absolute atomic E-state index is 0.0568. The number of ketones is 1. The van der Waals surface area contributed by atoms with Crippen molar-refractivity contribution in [2.24, 2.45) is 0 Å². The van der Waals surface area contributed by atoms with Gasteiger partial charge in [-0.3, -0.25) is 9.59 Å². The van der Waals surface area contributed by atoms with E-state index in [4.69, 9.17) is 11.6 Å². The van der Waals surface area contributed by atoms with Gasteiger partial charge in [-0.25, -0.2) is 8.42 Å². The van der Waals surface area contributed by atoms with Crippen LogP contribution in [0.15, 0.2) is 83.8 Å². The van der Waals surface area contributed by atoms with E-state index in [2.05, 4.69) is 5.32 Å². The van der Waals surface area contributed by atoms with Gasteiger partial charge in [-0.1, -0.05) is 54.1 Å². The topological polar surface area (TPSA) is 83.6 Å². The van der Waals surface area contributed by atoms with Crippen LogP contribution in [0.25, 0.3) is 0 Å². The minimum Gasteiger partial charge on any atom is -0.325 e. The fourth-order valence-corrected chi connectivity index (χ4v) is 4.64. The highest BCUT2D eigenvalue weighted by Gasteiger charge is 2.26. The van der Waals surface area contributed by atoms with Crippen molar-refractivity contribution in [3.63, 3.8) is 0 Å². The van der Waals surface area contributed by atoms with Gasteiger partial charge >= 0.3 is 0 Å². The lowest BCUT2D eigenvalue weighted by molar-refractivity contribution is -0.116. The molecule has 3 rings (SSSR count). The van der Waals surface area contributed by atoms with Gasteiger partial charge in [-0.2, -0.15) is 4.31 Å². The number of carbonyl (C=O) groups is 2. The Balaban J connectivity index is 1.81. The number of nitrogens with zero attached hydrogens (tertiary/aromatic N) is 1. The maximum atomic E-state index is 13.3. The number of anilines is 1. The van der Waals surface area contributed by atoms with Crippen molar-refractivity contribution in [3.05, 3.63) is 95.0 Å². The number of rotatable bonds is 9. The molecule has 0 heterocycles. The van der Waals surface area contributed by atoms with Gasteiger partial charge in [-0.15, -0.1) is 0 Å². The summed E-state index contributed by atoms with van der Waals surface area (Å²) in [4.78, 5) is 24.4. The zero-order valence-corrected chi connectivity index (χ0v) is 19.1. The van der Waals surface area contributed by atoms with Gasteiger partial charge in [0.2, 0.25) is 15.9 Å². The molecule has 0 aliphatic rings. The summed E-state index contributed by atoms with van der Waals surface area (Å²) in [6.07, 6.45) is 0.445. The molecule has 0 atom stereocenters. The fraction of sp³-hybridized carbons (Fsp3) is 0.167. The molecule has 0 saturated heterocycles. The molecule has 8 heteroatoms. The van der Waals surface area contributed by atoms with Gasteiger partial charge in [0.1, 0.15) is 0 Å². The molecule has 0 radical (unpaired) electrons. The van der Waals surface area contributed by atoms with Crippen molar-refractivity contribution in [2.75, 3.05) is 18.4 Å². The number of halogens is 1. The minimum atomic E-state index is -3.94. The Bertz CT molecular complexity index is 1200. The SMILES string of the molecule is CC(=O)c1cccc(NC(=O)CN(CCc2ccccc2)S(=O)(=O)c2ccc(Cl)cc2)c1. The average Bonchev–Trinajstić information content (AvgIpc) is 2.77. The Kier molecular flexibility index (Phi) is 7.80. The second-order valence-corrected chi connectivity index (χ2v) is 9.59. The second-order valence-electron chi connectivity index (χ2n) is 7.21. The Morgan fingerprint density at radius 1 is 0.938 bits per heavy atom. The largest absolute Gasteiger partial charge is 0.325 e. The van der Waals surface area contributed by atoms with Crippen LogP contribution in [-0.2, 0) is 21.2 Å². The molecule has 1 amide bonds. The summed E-state index contributed by atoms with van der Waals surface area (Å²) in [6.45, 7) is 1.18. The summed E-state index contributed by atoms with van der Waals surface area (Å²) in [5.41, 5.74) is 1.84. The summed E-state index contributed by atoms with van der Waals surface area (Å²) >= 11 is 5.90. The maximum absolute atomic E-state index is 13.3. The molecule has 0 saturated carbocycles. The molecular weight excluding hydrogens is 448 g/mol. The maximum Gasteiger partial charge on any atom is 0.243 e. The molecule has 3 aromatic carbocycles. The quantitative estimate of drug-likeness (QED) is 0.469. The highest BCUT2D eigenvalue weighted by Crippen LogP contribution is 2.20. The summed E-state index contributed by atoms with van der Waals surface area (Å²) < 4.78 is 27.7. The lowest BCUT2D eigenvalue weighted by Gasteiger charge is -2.22. The predicted octanol–water partition coefficient (Wildman–Crippen LogP) is 4.41. The number of amides is 1. The van der Waals surface area contributed by atoms with E-state index in [1.807, 2.05) is 30.3 Å². The van der Waals surface area contributed by atoms with Crippen LogP contribution < -0.4 is 5.32 Å². The monoisotopic (exact) mass is 470 g/mol. The van der Waals surface area contributed by atoms with Gasteiger partial charge in [0.05, 0.1) is 11.4 Å². The third kappa shape index (κ3) is 6.26. The number of Topliss-reactive ketones (excluding diaryl/α,β-unsaturated/α-hetero) is 1. The summed E-state index contributed by atoms with van der Waals surface area (Å²) in [5, 5.41) is 3.10. The Labute approximate surface area is 192 Å². The normalized spacial score (nSPS) is 11.3. The van der Waals surface area contributed by atoms with Crippen molar-refractivity contribution in [1.82, 2.24) is 4.31 Å². The lowest BCUT2D eigenvalue weighted by Crippen LogP contribution is -2.39. The highest BCUT2D eigenvalue weighted by molar-refractivity contribution is 7.89. The molecule has 1 N–H and O–H groups in total. The third-order valence-corrected chi connectivity index (χ3v) is 6.93. The van der Waals surface area contributed by atoms with E-state index in [0.29, 0.717) is 22.7 Å². The van der Waals surface area contributed by atoms with Crippen molar-refractivity contribution >= 4 is 39.0 Å². The van der Waals surface area contributed by atoms with E-state index in [0.717, 1.165) is 9.87 Å². The number of benzene rings is 3. The van der Waals surface area contributed by atoms with Crippen LogP contribution in [0, 0.1) is 0 Å². The van der Waals surface area contributed by atoms with Crippen LogP contribution in [0.1, 0.15) is 22.8 Å². The van der Waals surface area contributed by atoms with Gasteiger partial charge < -0.3 is 5.32 Å². The Hall–Kier alpha value is -3.00. The fourth-order valence-electron chi connectivity index (χ4n) is 3.11. The molecule has 0 unspecified atom stereocenters. The Morgan fingerprint density at radius 2 is 1.62 bits per heavy atom. The molecule has 0 fully saturated rings. The number of nitrogens with one attached hydrogen (secondary N) is 1. The first-order chi connectivity index (χ1) is 15.3. The first-order valence-electron chi connectivity index (χ1n) is 9.96. The number of sulfonamides is 1. The average molecular weight is 471 g/mol. The molecule has 0 aromatic heterocycles. The predicted molar refractivity (Wildman–Crippen MR) is 125 cm³/mol. The van der Waals surface area contributed by atoms with E-state index in [1.54, 1.807) is 24.3 Å². The van der Waals surface area contributed by atoms with Crippen molar-refractivity contribution in [3.8, 4) is 0 Å². The molecule has 32 heavy (non-hydrogen) atoms. The van der Waals surface area contributed by atoms with Crippen molar-refractivity contribution in [1.29, 1.82) is 0 Å². The number of carbonyl (C=O) groups excluding carboxylic acids is 2.